The molecular formula is C14H17N3O5S. The number of amides is 1. The van der Waals surface area contributed by atoms with Crippen molar-refractivity contribution in [3.05, 3.63) is 30.1 Å². The van der Waals surface area contributed by atoms with Crippen molar-refractivity contribution in [1.82, 2.24) is 14.7 Å². The number of carboxylic acid groups (broad SMARTS) is 1. The van der Waals surface area contributed by atoms with Gasteiger partial charge < -0.3 is 10.4 Å². The average Bonchev–Trinajstić information content (AvgIpc) is 2.86. The van der Waals surface area contributed by atoms with Crippen molar-refractivity contribution in [2.24, 2.45) is 0 Å². The quantitative estimate of drug-likeness (QED) is 0.801. The van der Waals surface area contributed by atoms with E-state index in [0.29, 0.717) is 11.9 Å². The first-order valence-corrected chi connectivity index (χ1v) is 8.85. The molecule has 124 valence electrons. The highest BCUT2D eigenvalue weighted by molar-refractivity contribution is 7.90. The molecule has 0 aliphatic rings. The number of pyridine rings is 1. The van der Waals surface area contributed by atoms with Gasteiger partial charge in [0.25, 0.3) is 5.91 Å². The van der Waals surface area contributed by atoms with E-state index in [2.05, 4.69) is 10.3 Å². The van der Waals surface area contributed by atoms with Crippen molar-refractivity contribution in [3.8, 4) is 0 Å². The monoisotopic (exact) mass is 339 g/mol. The first-order valence-electron chi connectivity index (χ1n) is 6.96. The van der Waals surface area contributed by atoms with E-state index < -0.39 is 27.8 Å². The minimum Gasteiger partial charge on any atom is -0.480 e. The van der Waals surface area contributed by atoms with Crippen molar-refractivity contribution < 1.29 is 23.1 Å². The van der Waals surface area contributed by atoms with Gasteiger partial charge in [-0.2, -0.15) is 0 Å². The number of aliphatic carboxylic acids is 1. The van der Waals surface area contributed by atoms with E-state index in [0.717, 1.165) is 6.26 Å². The summed E-state index contributed by atoms with van der Waals surface area (Å²) < 4.78 is 24.9. The third kappa shape index (κ3) is 3.50. The maximum Gasteiger partial charge on any atom is 0.326 e. The molecule has 0 spiro atoms. The number of hydrogen-bond acceptors (Lipinski definition) is 5. The Bertz CT molecular complexity index is 856. The summed E-state index contributed by atoms with van der Waals surface area (Å²) in [5, 5.41) is 11.2. The van der Waals surface area contributed by atoms with Crippen LogP contribution in [0.5, 0.6) is 0 Å². The van der Waals surface area contributed by atoms with Crippen LogP contribution in [0.15, 0.2) is 29.6 Å². The van der Waals surface area contributed by atoms with Crippen LogP contribution >= 0.6 is 0 Å². The van der Waals surface area contributed by atoms with Gasteiger partial charge in [-0.3, -0.25) is 9.20 Å². The average molecular weight is 339 g/mol. The Morgan fingerprint density at radius 2 is 2.09 bits per heavy atom. The number of imidazole rings is 1. The molecule has 0 aromatic carbocycles. The molecule has 2 heterocycles. The molecule has 0 aliphatic carbocycles. The van der Waals surface area contributed by atoms with Gasteiger partial charge in [-0.1, -0.05) is 19.4 Å². The van der Waals surface area contributed by atoms with Crippen LogP contribution in [0.1, 0.15) is 30.3 Å². The van der Waals surface area contributed by atoms with Crippen LogP contribution in [-0.4, -0.2) is 47.1 Å². The Morgan fingerprint density at radius 1 is 1.39 bits per heavy atom. The molecule has 1 unspecified atom stereocenters. The maximum absolute atomic E-state index is 12.3. The summed E-state index contributed by atoms with van der Waals surface area (Å²) in [6, 6.07) is 3.75. The lowest BCUT2D eigenvalue weighted by Crippen LogP contribution is -2.40. The molecule has 23 heavy (non-hydrogen) atoms. The Morgan fingerprint density at radius 3 is 2.65 bits per heavy atom. The van der Waals surface area contributed by atoms with Crippen LogP contribution in [0.4, 0.5) is 0 Å². The number of hydrogen-bond donors (Lipinski definition) is 2. The highest BCUT2D eigenvalue weighted by Crippen LogP contribution is 2.17. The molecule has 0 bridgehead atoms. The summed E-state index contributed by atoms with van der Waals surface area (Å²) in [6.45, 7) is 1.80. The molecular weight excluding hydrogens is 322 g/mol. The lowest BCUT2D eigenvalue weighted by molar-refractivity contribution is -0.139. The van der Waals surface area contributed by atoms with Gasteiger partial charge in [-0.15, -0.1) is 0 Å². The van der Waals surface area contributed by atoms with Crippen molar-refractivity contribution in [1.29, 1.82) is 0 Å². The Balaban J connectivity index is 2.47. The SMILES string of the molecule is CCCC(NC(=O)c1nc(S(C)(=O)=O)n2ccccc12)C(=O)O. The molecule has 8 nitrogen and oxygen atoms in total. The number of carbonyl (C=O) groups is 2. The number of nitrogens with zero attached hydrogens (tertiary/aromatic N) is 2. The van der Waals surface area contributed by atoms with Crippen LogP contribution in [0, 0.1) is 0 Å². The second kappa shape index (κ2) is 6.37. The second-order valence-electron chi connectivity index (χ2n) is 5.12. The zero-order chi connectivity index (χ0) is 17.2. The smallest absolute Gasteiger partial charge is 0.326 e. The number of carbonyl (C=O) groups excluding carboxylic acids is 1. The van der Waals surface area contributed by atoms with Crippen LogP contribution in [0.2, 0.25) is 0 Å². The van der Waals surface area contributed by atoms with Gasteiger partial charge in [0, 0.05) is 12.5 Å². The molecule has 2 N–H and O–H groups in total. The Hall–Kier alpha value is -2.42. The molecule has 0 aliphatic heterocycles. The minimum absolute atomic E-state index is 0.117. The molecule has 2 aromatic rings. The van der Waals surface area contributed by atoms with Gasteiger partial charge in [-0.25, -0.2) is 18.2 Å². The summed E-state index contributed by atoms with van der Waals surface area (Å²) in [5.74, 6) is -1.86. The van der Waals surface area contributed by atoms with Crippen molar-refractivity contribution >= 4 is 27.2 Å². The fourth-order valence-electron chi connectivity index (χ4n) is 2.21. The third-order valence-electron chi connectivity index (χ3n) is 3.24. The summed E-state index contributed by atoms with van der Waals surface area (Å²) in [5.41, 5.74) is 0.180. The molecule has 0 saturated carbocycles. The third-order valence-corrected chi connectivity index (χ3v) is 4.19. The minimum atomic E-state index is -3.64. The zero-order valence-corrected chi connectivity index (χ0v) is 13.5. The van der Waals surface area contributed by atoms with Gasteiger partial charge in [-0.05, 0) is 18.6 Å². The summed E-state index contributed by atoms with van der Waals surface area (Å²) in [4.78, 5) is 27.4. The van der Waals surface area contributed by atoms with Gasteiger partial charge in [0.15, 0.2) is 5.69 Å². The van der Waals surface area contributed by atoms with Gasteiger partial charge >= 0.3 is 5.97 Å². The number of nitrogens with one attached hydrogen (secondary N) is 1. The van der Waals surface area contributed by atoms with E-state index in [4.69, 9.17) is 5.11 Å². The predicted octanol–water partition coefficient (Wildman–Crippen LogP) is 0.721. The lowest BCUT2D eigenvalue weighted by Gasteiger charge is -2.12. The molecule has 1 amide bonds. The fraction of sp³-hybridized carbons (Fsp3) is 0.357. The number of aromatic nitrogens is 2. The summed E-state index contributed by atoms with van der Waals surface area (Å²) in [6.07, 6.45) is 3.32. The normalized spacial score (nSPS) is 13.0. The second-order valence-corrected chi connectivity index (χ2v) is 7.03. The van der Waals surface area contributed by atoms with Crippen molar-refractivity contribution in [2.45, 2.75) is 31.0 Å². The van der Waals surface area contributed by atoms with Gasteiger partial charge in [0.1, 0.15) is 6.04 Å². The number of rotatable bonds is 6. The van der Waals surface area contributed by atoms with Crippen LogP contribution in [-0.2, 0) is 14.6 Å². The highest BCUT2D eigenvalue weighted by Gasteiger charge is 2.26. The van der Waals surface area contributed by atoms with E-state index in [1.807, 2.05) is 0 Å². The Kier molecular flexibility index (Phi) is 4.69. The van der Waals surface area contributed by atoms with Crippen LogP contribution < -0.4 is 5.32 Å². The van der Waals surface area contributed by atoms with E-state index in [1.165, 1.54) is 10.6 Å². The number of carboxylic acids is 1. The molecule has 0 fully saturated rings. The maximum atomic E-state index is 12.3. The number of fused-ring (bicyclic) bond motifs is 1. The number of sulfone groups is 1. The molecule has 2 aromatic heterocycles. The first kappa shape index (κ1) is 16.9. The Labute approximate surface area is 133 Å². The molecule has 0 saturated heterocycles. The molecule has 1 atom stereocenters. The molecule has 9 heteroatoms. The molecule has 2 rings (SSSR count). The van der Waals surface area contributed by atoms with E-state index in [1.54, 1.807) is 25.1 Å². The van der Waals surface area contributed by atoms with Crippen LogP contribution in [0.3, 0.4) is 0 Å². The largest absolute Gasteiger partial charge is 0.480 e. The van der Waals surface area contributed by atoms with Crippen molar-refractivity contribution in [3.63, 3.8) is 0 Å². The zero-order valence-electron chi connectivity index (χ0n) is 12.7. The van der Waals surface area contributed by atoms with E-state index in [-0.39, 0.29) is 17.3 Å². The highest BCUT2D eigenvalue weighted by atomic mass is 32.2. The first-order chi connectivity index (χ1) is 10.8. The van der Waals surface area contributed by atoms with Gasteiger partial charge in [0.05, 0.1) is 5.52 Å². The van der Waals surface area contributed by atoms with E-state index >= 15 is 0 Å². The van der Waals surface area contributed by atoms with Crippen LogP contribution in [0.25, 0.3) is 5.52 Å². The van der Waals surface area contributed by atoms with Gasteiger partial charge in [0.2, 0.25) is 15.0 Å². The topological polar surface area (TPSA) is 118 Å². The summed E-state index contributed by atoms with van der Waals surface area (Å²) >= 11 is 0. The standard InChI is InChI=1S/C14H17N3O5S/c1-3-6-9(13(19)20)15-12(18)11-10-7-4-5-8-17(10)14(16-11)23(2,21)22/h4-5,7-9H,3,6H2,1-2H3,(H,15,18)(H,19,20). The predicted molar refractivity (Wildman–Crippen MR) is 82.1 cm³/mol. The lowest BCUT2D eigenvalue weighted by atomic mass is 10.1. The molecule has 0 radical (unpaired) electrons. The summed E-state index contributed by atoms with van der Waals surface area (Å²) in [7, 11) is -3.64. The van der Waals surface area contributed by atoms with Crippen molar-refractivity contribution in [2.75, 3.05) is 6.26 Å². The van der Waals surface area contributed by atoms with E-state index in [9.17, 15) is 18.0 Å². The fourth-order valence-corrected chi connectivity index (χ4v) is 2.98.